The Labute approximate surface area is 487 Å². The summed E-state index contributed by atoms with van der Waals surface area (Å²) in [7, 11) is 0. The molecule has 3 unspecified atom stereocenters. The van der Waals surface area contributed by atoms with E-state index in [0.29, 0.717) is 6.54 Å². The van der Waals surface area contributed by atoms with Crippen molar-refractivity contribution in [2.45, 2.75) is 39.4 Å². The van der Waals surface area contributed by atoms with Crippen molar-refractivity contribution >= 4 is 59.1 Å². The fourth-order valence-corrected chi connectivity index (χ4v) is 15.1. The van der Waals surface area contributed by atoms with Gasteiger partial charge in [-0.1, -0.05) is 273 Å². The third-order valence-electron chi connectivity index (χ3n) is 14.2. The number of ether oxygens (including phenoxy) is 1. The van der Waals surface area contributed by atoms with Crippen LogP contribution in [-0.2, 0) is 33.4 Å². The van der Waals surface area contributed by atoms with Crippen LogP contribution in [0.5, 0.6) is 0 Å². The minimum atomic E-state index is -1.48. The zero-order valence-corrected chi connectivity index (χ0v) is 47.3. The van der Waals surface area contributed by atoms with Crippen molar-refractivity contribution in [2.24, 2.45) is 5.73 Å². The Hall–Kier alpha value is -8.29. The molecule has 0 heterocycles. The van der Waals surface area contributed by atoms with Crippen LogP contribution in [-0.4, -0.2) is 65.8 Å². The van der Waals surface area contributed by atoms with Crippen LogP contribution in [0.4, 0.5) is 4.79 Å². The first-order valence-electron chi connectivity index (χ1n) is 26.9. The molecule has 0 fully saturated rings. The summed E-state index contributed by atoms with van der Waals surface area (Å²) in [5.74, 6) is -1.71. The number of primary amides is 1. The van der Waals surface area contributed by atoms with Gasteiger partial charge in [0.15, 0.2) is 6.10 Å². The summed E-state index contributed by atoms with van der Waals surface area (Å²) in [6.07, 6.45) is -2.64. The van der Waals surface area contributed by atoms with E-state index < -0.39 is 56.2 Å². The molecule has 0 saturated carbocycles. The second kappa shape index (κ2) is 27.7. The average molecular weight is 1130 g/mol. The van der Waals surface area contributed by atoms with Gasteiger partial charge in [-0.15, -0.1) is 35.3 Å². The van der Waals surface area contributed by atoms with Gasteiger partial charge in [-0.3, -0.25) is 14.4 Å². The molecule has 81 heavy (non-hydrogen) atoms. The molecule has 9 rings (SSSR count). The minimum absolute atomic E-state index is 0.00802. The second-order valence-corrected chi connectivity index (χ2v) is 22.9. The average Bonchev–Trinajstić information content (AvgIpc) is 3.71. The summed E-state index contributed by atoms with van der Waals surface area (Å²) < 4.78 is 3.16. The quantitative estimate of drug-likeness (QED) is 0.0415. The maximum absolute atomic E-state index is 15.7. The van der Waals surface area contributed by atoms with E-state index in [-0.39, 0.29) is 17.3 Å². The highest BCUT2D eigenvalue weighted by molar-refractivity contribution is 8.01. The van der Waals surface area contributed by atoms with E-state index in [1.165, 1.54) is 23.5 Å². The van der Waals surface area contributed by atoms with Crippen LogP contribution in [0.15, 0.2) is 273 Å². The van der Waals surface area contributed by atoms with Gasteiger partial charge in [-0.2, -0.15) is 0 Å². The topological polar surface area (TPSA) is 140 Å². The summed E-state index contributed by atoms with van der Waals surface area (Å²) in [6, 6.07) is 88.2. The molecule has 0 spiro atoms. The molecule has 5 N–H and O–H groups in total. The molecule has 408 valence electrons. The Bertz CT molecular complexity index is 3120. The number of rotatable bonds is 25. The van der Waals surface area contributed by atoms with Gasteiger partial charge in [0, 0.05) is 23.8 Å². The Morgan fingerprint density at radius 2 is 0.580 bits per heavy atom. The number of hydrogen-bond acceptors (Lipinski definition) is 8. The van der Waals surface area contributed by atoms with Crippen LogP contribution in [0.25, 0.3) is 0 Å². The standard InChI is InChI=1S/C69H64N4O5S3/c1-2-71-63(74)60(48-79-67(51-30-12-3-13-31-51,52-32-14-4-15-33-52)53-34-16-5-17-35-53)72-64(75)61(49-80-68(54-36-18-6-19-37-54,55-38-20-7-21-39-55)56-40-22-8-23-41-56)73-65(76)62(78-66(70)77)50-81-69(57-42-24-9-25-43-57,58-44-26-10-27-45-58)59-46-28-11-29-47-59/h3-47,60-62H,2,48-50H2,1H3,(H2,70,77)(H,71,74)(H,72,75)(H,73,76). The molecule has 9 aromatic rings. The maximum Gasteiger partial charge on any atom is 0.405 e. The maximum atomic E-state index is 15.7. The van der Waals surface area contributed by atoms with Gasteiger partial charge in [0.1, 0.15) is 12.1 Å². The van der Waals surface area contributed by atoms with Gasteiger partial charge in [-0.05, 0) is 57.0 Å². The predicted molar refractivity (Wildman–Crippen MR) is 332 cm³/mol. The first kappa shape index (κ1) is 57.4. The van der Waals surface area contributed by atoms with Crippen LogP contribution in [0.1, 0.15) is 57.0 Å². The molecule has 0 saturated heterocycles. The van der Waals surface area contributed by atoms with E-state index in [0.717, 1.165) is 50.1 Å². The van der Waals surface area contributed by atoms with E-state index in [9.17, 15) is 9.59 Å². The van der Waals surface area contributed by atoms with Gasteiger partial charge in [0.2, 0.25) is 11.8 Å². The molecule has 0 aliphatic rings. The third-order valence-corrected chi connectivity index (χ3v) is 19.1. The highest BCUT2D eigenvalue weighted by Crippen LogP contribution is 2.51. The third kappa shape index (κ3) is 13.2. The summed E-state index contributed by atoms with van der Waals surface area (Å²) in [4.78, 5) is 58.7. The smallest absolute Gasteiger partial charge is 0.405 e. The molecule has 3 atom stereocenters. The molecule has 0 radical (unpaired) electrons. The van der Waals surface area contributed by atoms with Crippen molar-refractivity contribution in [2.75, 3.05) is 23.8 Å². The predicted octanol–water partition coefficient (Wildman–Crippen LogP) is 12.7. The second-order valence-electron chi connectivity index (χ2n) is 19.2. The van der Waals surface area contributed by atoms with Gasteiger partial charge < -0.3 is 26.4 Å². The van der Waals surface area contributed by atoms with Gasteiger partial charge in [0.25, 0.3) is 5.91 Å². The summed E-state index contributed by atoms with van der Waals surface area (Å²) >= 11 is 4.44. The van der Waals surface area contributed by atoms with Crippen LogP contribution >= 0.6 is 35.3 Å². The fraction of sp³-hybridized carbons (Fsp3) is 0.159. The van der Waals surface area contributed by atoms with Crippen molar-refractivity contribution in [3.05, 3.63) is 323 Å². The van der Waals surface area contributed by atoms with Gasteiger partial charge in [0.05, 0.1) is 14.2 Å². The first-order valence-corrected chi connectivity index (χ1v) is 29.9. The number of carbonyl (C=O) groups excluding carboxylic acids is 4. The largest absolute Gasteiger partial charge is 0.435 e. The molecule has 9 nitrogen and oxygen atoms in total. The number of benzene rings is 9. The summed E-state index contributed by atoms with van der Waals surface area (Å²) in [5.41, 5.74) is 14.4. The van der Waals surface area contributed by atoms with Crippen molar-refractivity contribution in [1.29, 1.82) is 0 Å². The highest BCUT2D eigenvalue weighted by atomic mass is 32.2. The SMILES string of the molecule is CCNC(=O)C(CSC(c1ccccc1)(c1ccccc1)c1ccccc1)NC(=O)C(CSC(c1ccccc1)(c1ccccc1)c1ccccc1)NC(=O)C(CSC(c1ccccc1)(c1ccccc1)c1ccccc1)OC(N)=O. The minimum Gasteiger partial charge on any atom is -0.435 e. The van der Waals surface area contributed by atoms with Gasteiger partial charge >= 0.3 is 6.09 Å². The molecule has 0 aromatic heterocycles. The van der Waals surface area contributed by atoms with Crippen molar-refractivity contribution < 1.29 is 23.9 Å². The van der Waals surface area contributed by atoms with Crippen molar-refractivity contribution in [3.8, 4) is 0 Å². The van der Waals surface area contributed by atoms with E-state index in [4.69, 9.17) is 10.5 Å². The van der Waals surface area contributed by atoms with Crippen molar-refractivity contribution in [1.82, 2.24) is 16.0 Å². The van der Waals surface area contributed by atoms with Crippen LogP contribution in [0.2, 0.25) is 0 Å². The molecular formula is C69H64N4O5S3. The van der Waals surface area contributed by atoms with Crippen molar-refractivity contribution in [3.63, 3.8) is 0 Å². The lowest BCUT2D eigenvalue weighted by atomic mass is 9.84. The lowest BCUT2D eigenvalue weighted by Gasteiger charge is -2.37. The van der Waals surface area contributed by atoms with Crippen LogP contribution < -0.4 is 21.7 Å². The first-order chi connectivity index (χ1) is 39.7. The fourth-order valence-electron chi connectivity index (χ4n) is 10.4. The van der Waals surface area contributed by atoms with E-state index in [2.05, 4.69) is 88.7 Å². The van der Waals surface area contributed by atoms with E-state index in [1.807, 2.05) is 207 Å². The molecule has 4 amide bonds. The Kier molecular flexibility index (Phi) is 19.6. The number of likely N-dealkylation sites (N-methyl/N-ethyl adjacent to an activating group) is 1. The Balaban J connectivity index is 1.12. The zero-order valence-electron chi connectivity index (χ0n) is 44.9. The van der Waals surface area contributed by atoms with E-state index in [1.54, 1.807) is 11.8 Å². The molecule has 0 aliphatic carbocycles. The number of hydrogen-bond donors (Lipinski definition) is 4. The molecule has 0 aliphatic heterocycles. The molecular weight excluding hydrogens is 1060 g/mol. The lowest BCUT2D eigenvalue weighted by molar-refractivity contribution is -0.134. The number of thioether (sulfide) groups is 3. The molecule has 12 heteroatoms. The summed E-state index contributed by atoms with van der Waals surface area (Å²) in [6.45, 7) is 2.14. The number of carbonyl (C=O) groups is 4. The number of amides is 4. The Morgan fingerprint density at radius 3 is 0.815 bits per heavy atom. The van der Waals surface area contributed by atoms with E-state index >= 15 is 9.59 Å². The number of nitrogens with one attached hydrogen (secondary N) is 3. The normalized spacial score (nSPS) is 12.7. The van der Waals surface area contributed by atoms with Gasteiger partial charge in [-0.25, -0.2) is 4.79 Å². The molecule has 0 bridgehead atoms. The van der Waals surface area contributed by atoms with Crippen LogP contribution in [0.3, 0.4) is 0 Å². The Morgan fingerprint density at radius 1 is 0.358 bits per heavy atom. The highest BCUT2D eigenvalue weighted by Gasteiger charge is 2.43. The monoisotopic (exact) mass is 1120 g/mol. The zero-order chi connectivity index (χ0) is 56.3. The molecule has 9 aromatic carbocycles. The lowest BCUT2D eigenvalue weighted by Crippen LogP contribution is -2.57. The van der Waals surface area contributed by atoms with Crippen LogP contribution in [0, 0.1) is 0 Å². The summed E-state index contributed by atoms with van der Waals surface area (Å²) in [5, 5.41) is 9.21. The number of nitrogens with two attached hydrogens (primary N) is 1.